The number of hydrogen-bond donors (Lipinski definition) is 1. The lowest BCUT2D eigenvalue weighted by Crippen LogP contribution is -2.03. The van der Waals surface area contributed by atoms with Gasteiger partial charge >= 0.3 is 0 Å². The highest BCUT2D eigenvalue weighted by Gasteiger charge is 2.13. The number of fused-ring (bicyclic) bond motifs is 1. The van der Waals surface area contributed by atoms with Crippen LogP contribution in [0.25, 0.3) is 11.0 Å². The molecule has 0 aliphatic heterocycles. The van der Waals surface area contributed by atoms with E-state index in [9.17, 15) is 9.18 Å². The maximum atomic E-state index is 14.1. The number of carbonyl (C=O) groups is 1. The first-order valence-corrected chi connectivity index (χ1v) is 11.6. The van der Waals surface area contributed by atoms with E-state index < -0.39 is 0 Å². The van der Waals surface area contributed by atoms with Gasteiger partial charge in [-0.1, -0.05) is 12.1 Å². The molecule has 180 valence electrons. The summed E-state index contributed by atoms with van der Waals surface area (Å²) >= 11 is 0. The number of aryl methyl sites for hydroxylation is 2. The van der Waals surface area contributed by atoms with Crippen LogP contribution < -0.4 is 10.1 Å². The number of anilines is 2. The normalized spacial score (nSPS) is 10.9. The fourth-order valence-electron chi connectivity index (χ4n) is 3.93. The van der Waals surface area contributed by atoms with Crippen LogP contribution in [0.4, 0.5) is 16.0 Å². The number of carbonyl (C=O) groups excluding carboxylic acids is 1. The van der Waals surface area contributed by atoms with Gasteiger partial charge in [0.1, 0.15) is 23.0 Å². The molecule has 0 amide bonds. The van der Waals surface area contributed by atoms with Gasteiger partial charge in [-0.15, -0.1) is 0 Å². The van der Waals surface area contributed by atoms with Crippen LogP contribution in [0.15, 0.2) is 85.3 Å². The molecule has 0 aliphatic carbocycles. The first-order valence-electron chi connectivity index (χ1n) is 11.6. The molecule has 5 aromatic rings. The van der Waals surface area contributed by atoms with Crippen molar-refractivity contribution in [3.8, 4) is 11.5 Å². The van der Waals surface area contributed by atoms with Crippen molar-refractivity contribution >= 4 is 28.5 Å². The van der Waals surface area contributed by atoms with Gasteiger partial charge in [0.05, 0.1) is 16.7 Å². The van der Waals surface area contributed by atoms with Gasteiger partial charge in [-0.25, -0.2) is 9.37 Å². The van der Waals surface area contributed by atoms with Crippen molar-refractivity contribution in [2.24, 2.45) is 7.05 Å². The predicted molar refractivity (Wildman–Crippen MR) is 136 cm³/mol. The Morgan fingerprint density at radius 2 is 1.81 bits per heavy atom. The van der Waals surface area contributed by atoms with E-state index in [0.29, 0.717) is 40.8 Å². The number of ether oxygens (including phenoxy) is 1. The van der Waals surface area contributed by atoms with Gasteiger partial charge in [0, 0.05) is 44.2 Å². The fraction of sp³-hybridized carbons (Fsp3) is 0.143. The molecule has 0 saturated heterocycles. The Balaban J connectivity index is 1.27. The smallest absolute Gasteiger partial charge is 0.208 e. The first kappa shape index (κ1) is 23.2. The molecule has 0 unspecified atom stereocenters. The van der Waals surface area contributed by atoms with Gasteiger partial charge in [0.15, 0.2) is 5.78 Å². The summed E-state index contributed by atoms with van der Waals surface area (Å²) in [4.78, 5) is 25.5. The molecule has 0 saturated carbocycles. The van der Waals surface area contributed by atoms with Gasteiger partial charge in [0.2, 0.25) is 5.95 Å². The quantitative estimate of drug-likeness (QED) is 0.251. The van der Waals surface area contributed by atoms with Crippen molar-refractivity contribution in [2.75, 3.05) is 5.32 Å². The Morgan fingerprint density at radius 1 is 1.00 bits per heavy atom. The van der Waals surface area contributed by atoms with Gasteiger partial charge in [-0.05, 0) is 60.9 Å². The molecule has 0 atom stereocenters. The predicted octanol–water partition coefficient (Wildman–Crippen LogP) is 6.24. The number of hydrogen-bond acceptors (Lipinski definition) is 6. The van der Waals surface area contributed by atoms with Crippen LogP contribution in [-0.2, 0) is 13.5 Å². The summed E-state index contributed by atoms with van der Waals surface area (Å²) in [5.41, 5.74) is 3.43. The molecule has 3 aromatic heterocycles. The van der Waals surface area contributed by atoms with Crippen LogP contribution in [0.5, 0.6) is 11.5 Å². The Labute approximate surface area is 207 Å². The molecule has 5 rings (SSSR count). The lowest BCUT2D eigenvalue weighted by Gasteiger charge is -2.08. The maximum absolute atomic E-state index is 14.1. The molecule has 0 radical (unpaired) electrons. The number of pyridine rings is 2. The van der Waals surface area contributed by atoms with Crippen molar-refractivity contribution in [1.29, 1.82) is 0 Å². The number of halogens is 1. The van der Waals surface area contributed by atoms with E-state index in [1.807, 2.05) is 35.9 Å². The number of nitrogens with one attached hydrogen (secondary N) is 1. The van der Waals surface area contributed by atoms with E-state index in [0.717, 1.165) is 23.9 Å². The molecule has 3 heterocycles. The Morgan fingerprint density at radius 3 is 2.64 bits per heavy atom. The fourth-order valence-corrected chi connectivity index (χ4v) is 3.93. The highest BCUT2D eigenvalue weighted by molar-refractivity contribution is 5.94. The number of imidazole rings is 1. The Bertz CT molecular complexity index is 1520. The summed E-state index contributed by atoms with van der Waals surface area (Å²) in [7, 11) is 1.86. The van der Waals surface area contributed by atoms with E-state index >= 15 is 0 Å². The maximum Gasteiger partial charge on any atom is 0.208 e. The molecule has 36 heavy (non-hydrogen) atoms. The minimum Gasteiger partial charge on any atom is -0.457 e. The molecule has 0 bridgehead atoms. The molecule has 7 nitrogen and oxygen atoms in total. The molecule has 0 aliphatic rings. The lowest BCUT2D eigenvalue weighted by molar-refractivity contribution is 0.0975. The topological polar surface area (TPSA) is 81.9 Å². The van der Waals surface area contributed by atoms with Crippen LogP contribution >= 0.6 is 0 Å². The van der Waals surface area contributed by atoms with Crippen LogP contribution in [0.3, 0.4) is 0 Å². The zero-order valence-corrected chi connectivity index (χ0v) is 19.7. The number of ketones is 1. The highest BCUT2D eigenvalue weighted by atomic mass is 19.1. The molecule has 8 heteroatoms. The number of aromatic nitrogens is 4. The average Bonchev–Trinajstić information content (AvgIpc) is 3.20. The van der Waals surface area contributed by atoms with E-state index in [2.05, 4.69) is 20.3 Å². The second kappa shape index (κ2) is 10.4. The van der Waals surface area contributed by atoms with E-state index in [-0.39, 0.29) is 11.6 Å². The monoisotopic (exact) mass is 481 g/mol. The van der Waals surface area contributed by atoms with Crippen LogP contribution in [0.2, 0.25) is 0 Å². The standard InChI is InChI=1S/C28H24FN5O2/c1-34-26-10-9-20(17-24(26)33-28(34)32-23-7-3-2-6-22(23)29)36-21-13-16-31-25(18-21)27(35)8-4-5-19-11-14-30-15-12-19/h2-3,6-7,9-18H,4-5,8H2,1H3,(H,32,33). The van der Waals surface area contributed by atoms with Gasteiger partial charge in [-0.2, -0.15) is 0 Å². The van der Waals surface area contributed by atoms with Gasteiger partial charge < -0.3 is 14.6 Å². The number of nitrogens with zero attached hydrogens (tertiary/aromatic N) is 4. The summed E-state index contributed by atoms with van der Waals surface area (Å²) in [5.74, 6) is 1.21. The minimum atomic E-state index is -0.353. The minimum absolute atomic E-state index is 0.0291. The lowest BCUT2D eigenvalue weighted by atomic mass is 10.1. The zero-order valence-electron chi connectivity index (χ0n) is 19.7. The SMILES string of the molecule is Cn1c(Nc2ccccc2F)nc2cc(Oc3ccnc(C(=O)CCCc4ccncc4)c3)ccc21. The van der Waals surface area contributed by atoms with E-state index in [1.165, 1.54) is 6.07 Å². The third-order valence-corrected chi connectivity index (χ3v) is 5.84. The molecular formula is C28H24FN5O2. The summed E-state index contributed by atoms with van der Waals surface area (Å²) in [6.45, 7) is 0. The van der Waals surface area contributed by atoms with E-state index in [1.54, 1.807) is 55.0 Å². The summed E-state index contributed by atoms with van der Waals surface area (Å²) in [6, 6.07) is 19.2. The van der Waals surface area contributed by atoms with Crippen molar-refractivity contribution < 1.29 is 13.9 Å². The van der Waals surface area contributed by atoms with Gasteiger partial charge in [-0.3, -0.25) is 14.8 Å². The third kappa shape index (κ3) is 5.22. The Kier molecular flexibility index (Phi) is 6.66. The van der Waals surface area contributed by atoms with Crippen molar-refractivity contribution in [1.82, 2.24) is 19.5 Å². The van der Waals surface area contributed by atoms with Crippen LogP contribution in [0, 0.1) is 5.82 Å². The molecule has 1 N–H and O–H groups in total. The first-order chi connectivity index (χ1) is 17.6. The van der Waals surface area contributed by atoms with Gasteiger partial charge in [0.25, 0.3) is 0 Å². The number of para-hydroxylation sites is 1. The largest absolute Gasteiger partial charge is 0.457 e. The molecular weight excluding hydrogens is 457 g/mol. The average molecular weight is 482 g/mol. The molecule has 0 spiro atoms. The Hall–Kier alpha value is -4.59. The molecule has 0 fully saturated rings. The number of benzene rings is 2. The number of Topliss-reactive ketones (excluding diaryl/α,β-unsaturated/α-hetero) is 1. The second-order valence-electron chi connectivity index (χ2n) is 8.36. The number of rotatable bonds is 9. The summed E-state index contributed by atoms with van der Waals surface area (Å²) < 4.78 is 21.9. The summed E-state index contributed by atoms with van der Waals surface area (Å²) in [5, 5.41) is 3.03. The van der Waals surface area contributed by atoms with Crippen LogP contribution in [0.1, 0.15) is 28.9 Å². The van der Waals surface area contributed by atoms with Crippen LogP contribution in [-0.4, -0.2) is 25.3 Å². The second-order valence-corrected chi connectivity index (χ2v) is 8.36. The summed E-state index contributed by atoms with van der Waals surface area (Å²) in [6.07, 6.45) is 7.01. The van der Waals surface area contributed by atoms with Crippen molar-refractivity contribution in [2.45, 2.75) is 19.3 Å². The zero-order chi connectivity index (χ0) is 24.9. The highest BCUT2D eigenvalue weighted by Crippen LogP contribution is 2.28. The van der Waals surface area contributed by atoms with Crippen molar-refractivity contribution in [3.63, 3.8) is 0 Å². The third-order valence-electron chi connectivity index (χ3n) is 5.84. The van der Waals surface area contributed by atoms with Crippen molar-refractivity contribution in [3.05, 3.63) is 102 Å². The van der Waals surface area contributed by atoms with E-state index in [4.69, 9.17) is 4.74 Å². The molecule has 2 aromatic carbocycles.